The molecule has 1 unspecified atom stereocenters. The first kappa shape index (κ1) is 11.4. The van der Waals surface area contributed by atoms with Crippen LogP contribution in [0.3, 0.4) is 0 Å². The highest BCUT2D eigenvalue weighted by Gasteiger charge is 2.15. The molecule has 1 aliphatic rings. The summed E-state index contributed by atoms with van der Waals surface area (Å²) >= 11 is 1.35. The summed E-state index contributed by atoms with van der Waals surface area (Å²) in [5, 5.41) is 13.1. The standard InChI is InChI=1S/C11H15N3OS/c1-8-10(6-12)11(16-14-8)13-7-9-4-2-3-5-15-9/h9,13H,2-5,7H2,1H3. The highest BCUT2D eigenvalue weighted by atomic mass is 32.1. The molecule has 5 heteroatoms. The number of ether oxygens (including phenoxy) is 1. The molecule has 0 aromatic carbocycles. The molecule has 0 radical (unpaired) electrons. The molecular weight excluding hydrogens is 222 g/mol. The lowest BCUT2D eigenvalue weighted by Gasteiger charge is -2.22. The highest BCUT2D eigenvalue weighted by Crippen LogP contribution is 2.24. The van der Waals surface area contributed by atoms with E-state index in [2.05, 4.69) is 15.8 Å². The molecule has 0 aliphatic carbocycles. The third-order valence-electron chi connectivity index (χ3n) is 2.74. The van der Waals surface area contributed by atoms with Crippen molar-refractivity contribution in [3.05, 3.63) is 11.3 Å². The third kappa shape index (κ3) is 2.52. The topological polar surface area (TPSA) is 57.9 Å². The number of nitrogens with zero attached hydrogens (tertiary/aromatic N) is 2. The second-order valence-corrected chi connectivity index (χ2v) is 4.73. The van der Waals surface area contributed by atoms with E-state index in [0.29, 0.717) is 5.56 Å². The summed E-state index contributed by atoms with van der Waals surface area (Å²) in [6, 6.07) is 2.18. The lowest BCUT2D eigenvalue weighted by Crippen LogP contribution is -2.26. The van der Waals surface area contributed by atoms with Crippen molar-refractivity contribution >= 4 is 16.5 Å². The first-order chi connectivity index (χ1) is 7.81. The van der Waals surface area contributed by atoms with Crippen molar-refractivity contribution in [3.63, 3.8) is 0 Å². The van der Waals surface area contributed by atoms with Crippen LogP contribution in [0.25, 0.3) is 0 Å². The molecule has 86 valence electrons. The van der Waals surface area contributed by atoms with Crippen LogP contribution in [-0.2, 0) is 4.74 Å². The Morgan fingerprint density at radius 1 is 1.62 bits per heavy atom. The van der Waals surface area contributed by atoms with E-state index >= 15 is 0 Å². The zero-order chi connectivity index (χ0) is 11.4. The molecule has 0 bridgehead atoms. The number of rotatable bonds is 3. The predicted molar refractivity (Wildman–Crippen MR) is 63.6 cm³/mol. The van der Waals surface area contributed by atoms with Gasteiger partial charge in [-0.15, -0.1) is 0 Å². The molecule has 2 heterocycles. The Morgan fingerprint density at radius 2 is 2.50 bits per heavy atom. The van der Waals surface area contributed by atoms with E-state index in [9.17, 15) is 0 Å². The van der Waals surface area contributed by atoms with Crippen LogP contribution in [-0.4, -0.2) is 23.6 Å². The first-order valence-corrected chi connectivity index (χ1v) is 6.30. The van der Waals surface area contributed by atoms with E-state index in [1.165, 1.54) is 24.4 Å². The second kappa shape index (κ2) is 5.28. The average Bonchev–Trinajstić information content (AvgIpc) is 2.68. The second-order valence-electron chi connectivity index (χ2n) is 3.95. The Labute approximate surface area is 99.4 Å². The minimum absolute atomic E-state index is 0.280. The maximum Gasteiger partial charge on any atom is 0.127 e. The zero-order valence-electron chi connectivity index (χ0n) is 9.32. The fraction of sp³-hybridized carbons (Fsp3) is 0.636. The fourth-order valence-corrected chi connectivity index (χ4v) is 2.55. The van der Waals surface area contributed by atoms with Crippen LogP contribution >= 0.6 is 11.5 Å². The fourth-order valence-electron chi connectivity index (χ4n) is 1.80. The van der Waals surface area contributed by atoms with Crippen molar-refractivity contribution in [3.8, 4) is 6.07 Å². The van der Waals surface area contributed by atoms with Crippen molar-refractivity contribution in [1.29, 1.82) is 5.26 Å². The van der Waals surface area contributed by atoms with Crippen LogP contribution in [0.4, 0.5) is 5.00 Å². The van der Waals surface area contributed by atoms with Gasteiger partial charge in [-0.1, -0.05) is 0 Å². The Kier molecular flexibility index (Phi) is 3.75. The Bertz CT molecular complexity index is 390. The minimum Gasteiger partial charge on any atom is -0.376 e. The van der Waals surface area contributed by atoms with Crippen LogP contribution in [0.15, 0.2) is 0 Å². The van der Waals surface area contributed by atoms with Gasteiger partial charge in [0.05, 0.1) is 11.8 Å². The van der Waals surface area contributed by atoms with Gasteiger partial charge in [0.25, 0.3) is 0 Å². The summed E-state index contributed by atoms with van der Waals surface area (Å²) in [6.07, 6.45) is 3.79. The van der Waals surface area contributed by atoms with E-state index in [1.54, 1.807) is 0 Å². The molecule has 0 spiro atoms. The van der Waals surface area contributed by atoms with Gasteiger partial charge in [-0.2, -0.15) is 9.64 Å². The Balaban J connectivity index is 1.91. The van der Waals surface area contributed by atoms with Gasteiger partial charge in [-0.05, 0) is 37.7 Å². The number of hydrogen-bond donors (Lipinski definition) is 1. The van der Waals surface area contributed by atoms with Crippen molar-refractivity contribution in [2.45, 2.75) is 32.3 Å². The van der Waals surface area contributed by atoms with Crippen LogP contribution in [0.2, 0.25) is 0 Å². The van der Waals surface area contributed by atoms with Gasteiger partial charge in [-0.3, -0.25) is 0 Å². The summed E-state index contributed by atoms with van der Waals surface area (Å²) in [5.41, 5.74) is 1.47. The van der Waals surface area contributed by atoms with Crippen LogP contribution in [0.1, 0.15) is 30.5 Å². The van der Waals surface area contributed by atoms with Crippen molar-refractivity contribution in [1.82, 2.24) is 4.37 Å². The number of aromatic nitrogens is 1. The molecule has 16 heavy (non-hydrogen) atoms. The third-order valence-corrected chi connectivity index (χ3v) is 3.63. The van der Waals surface area contributed by atoms with E-state index in [-0.39, 0.29) is 6.10 Å². The van der Waals surface area contributed by atoms with E-state index in [1.807, 2.05) is 6.92 Å². The molecule has 4 nitrogen and oxygen atoms in total. The molecule has 1 N–H and O–H groups in total. The van der Waals surface area contributed by atoms with E-state index in [4.69, 9.17) is 10.00 Å². The van der Waals surface area contributed by atoms with Gasteiger partial charge in [0, 0.05) is 13.2 Å². The number of nitrogens with one attached hydrogen (secondary N) is 1. The lowest BCUT2D eigenvalue weighted by molar-refractivity contribution is 0.0248. The van der Waals surface area contributed by atoms with Crippen LogP contribution in [0, 0.1) is 18.3 Å². The largest absolute Gasteiger partial charge is 0.376 e. The maximum absolute atomic E-state index is 8.97. The molecule has 1 atom stereocenters. The lowest BCUT2D eigenvalue weighted by atomic mass is 10.1. The molecule has 1 aromatic heterocycles. The summed E-state index contributed by atoms with van der Waals surface area (Å²) < 4.78 is 9.79. The molecular formula is C11H15N3OS. The molecule has 0 saturated carbocycles. The van der Waals surface area contributed by atoms with E-state index < -0.39 is 0 Å². The summed E-state index contributed by atoms with van der Waals surface area (Å²) in [4.78, 5) is 0. The molecule has 1 fully saturated rings. The zero-order valence-corrected chi connectivity index (χ0v) is 10.1. The highest BCUT2D eigenvalue weighted by molar-refractivity contribution is 7.10. The van der Waals surface area contributed by atoms with E-state index in [0.717, 1.165) is 30.3 Å². The van der Waals surface area contributed by atoms with Gasteiger partial charge in [0.15, 0.2) is 0 Å². The minimum atomic E-state index is 0.280. The molecule has 1 saturated heterocycles. The molecule has 2 rings (SSSR count). The predicted octanol–water partition coefficient (Wildman–Crippen LogP) is 2.30. The Hall–Kier alpha value is -1.12. The number of anilines is 1. The van der Waals surface area contributed by atoms with Gasteiger partial charge in [0.1, 0.15) is 16.6 Å². The van der Waals surface area contributed by atoms with Crippen molar-refractivity contribution in [2.75, 3.05) is 18.5 Å². The SMILES string of the molecule is Cc1nsc(NCC2CCCCO2)c1C#N. The summed E-state index contributed by atoms with van der Waals surface area (Å²) in [5.74, 6) is 0. The van der Waals surface area contributed by atoms with Crippen LogP contribution < -0.4 is 5.32 Å². The summed E-state index contributed by atoms with van der Waals surface area (Å²) in [7, 11) is 0. The Morgan fingerprint density at radius 3 is 3.19 bits per heavy atom. The first-order valence-electron chi connectivity index (χ1n) is 5.53. The number of hydrogen-bond acceptors (Lipinski definition) is 5. The quantitative estimate of drug-likeness (QED) is 0.876. The molecule has 1 aromatic rings. The van der Waals surface area contributed by atoms with Crippen molar-refractivity contribution in [2.24, 2.45) is 0 Å². The molecule has 0 amide bonds. The maximum atomic E-state index is 8.97. The van der Waals surface area contributed by atoms with Gasteiger partial charge in [-0.25, -0.2) is 0 Å². The monoisotopic (exact) mass is 237 g/mol. The summed E-state index contributed by atoms with van der Waals surface area (Å²) in [6.45, 7) is 3.49. The van der Waals surface area contributed by atoms with Crippen molar-refractivity contribution < 1.29 is 4.74 Å². The normalized spacial score (nSPS) is 20.4. The van der Waals surface area contributed by atoms with Gasteiger partial charge in [0.2, 0.25) is 0 Å². The average molecular weight is 237 g/mol. The van der Waals surface area contributed by atoms with Gasteiger partial charge >= 0.3 is 0 Å². The number of aryl methyl sites for hydroxylation is 1. The smallest absolute Gasteiger partial charge is 0.127 e. The number of nitriles is 1. The molecule has 1 aliphatic heterocycles. The van der Waals surface area contributed by atoms with Crippen LogP contribution in [0.5, 0.6) is 0 Å². The van der Waals surface area contributed by atoms with Gasteiger partial charge < -0.3 is 10.1 Å².